The Labute approximate surface area is 164 Å². The molecule has 1 aliphatic rings. The van der Waals surface area contributed by atoms with E-state index < -0.39 is 12.1 Å². The van der Waals surface area contributed by atoms with Gasteiger partial charge in [-0.3, -0.25) is 4.79 Å². The Bertz CT molecular complexity index is 921. The third-order valence-electron chi connectivity index (χ3n) is 4.70. The average molecular weight is 381 g/mol. The number of esters is 1. The summed E-state index contributed by atoms with van der Waals surface area (Å²) in [5, 5.41) is 9.60. The van der Waals surface area contributed by atoms with Crippen molar-refractivity contribution in [1.82, 2.24) is 0 Å². The van der Waals surface area contributed by atoms with Gasteiger partial charge in [-0.25, -0.2) is 4.79 Å². The molecule has 0 bridgehead atoms. The summed E-state index contributed by atoms with van der Waals surface area (Å²) < 4.78 is 10.3. The number of carbonyl (C=O) groups is 2. The molecule has 0 spiro atoms. The highest BCUT2D eigenvalue weighted by atomic mass is 16.5. The van der Waals surface area contributed by atoms with Gasteiger partial charge in [0.05, 0.1) is 7.11 Å². The highest BCUT2D eigenvalue weighted by molar-refractivity contribution is 6.00. The van der Waals surface area contributed by atoms with E-state index in [2.05, 4.69) is 0 Å². The molecule has 0 saturated heterocycles. The van der Waals surface area contributed by atoms with E-state index >= 15 is 0 Å². The van der Waals surface area contributed by atoms with Gasteiger partial charge in [0, 0.05) is 17.8 Å². The minimum absolute atomic E-state index is 0.0152. The molecule has 1 aliphatic heterocycles. The molecule has 0 saturated carbocycles. The first-order chi connectivity index (χ1) is 13.4. The summed E-state index contributed by atoms with van der Waals surface area (Å²) in [6.45, 7) is 3.55. The zero-order chi connectivity index (χ0) is 20.3. The number of hydrogen-bond donors (Lipinski definition) is 1. The normalized spacial score (nSPS) is 16.7. The second kappa shape index (κ2) is 8.17. The van der Waals surface area contributed by atoms with E-state index in [1.54, 1.807) is 24.0 Å². The maximum Gasteiger partial charge on any atom is 0.331 e. The van der Waals surface area contributed by atoms with Crippen molar-refractivity contribution in [3.63, 3.8) is 0 Å². The van der Waals surface area contributed by atoms with E-state index in [0.29, 0.717) is 11.3 Å². The standard InChI is InChI=1S/C22H23NO5/c1-14-12-17-6-4-5-7-18(17)23(14)22(26)15(2)28-21(25)11-9-16-8-10-19(24)20(13-16)27-3/h4-11,13-15,24H,12H2,1-3H3/b11-9+/t14-,15-/m0/s1. The van der Waals surface area contributed by atoms with Gasteiger partial charge in [-0.05, 0) is 55.7 Å². The predicted octanol–water partition coefficient (Wildman–Crippen LogP) is 3.32. The van der Waals surface area contributed by atoms with Gasteiger partial charge in [0.25, 0.3) is 5.91 Å². The van der Waals surface area contributed by atoms with Crippen molar-refractivity contribution in [2.75, 3.05) is 12.0 Å². The number of rotatable bonds is 5. The lowest BCUT2D eigenvalue weighted by Crippen LogP contribution is -2.43. The number of benzene rings is 2. The van der Waals surface area contributed by atoms with Crippen LogP contribution in [-0.2, 0) is 20.7 Å². The molecule has 6 heteroatoms. The molecule has 0 aromatic heterocycles. The van der Waals surface area contributed by atoms with E-state index in [1.807, 2.05) is 31.2 Å². The van der Waals surface area contributed by atoms with Gasteiger partial charge in [-0.2, -0.15) is 0 Å². The monoisotopic (exact) mass is 381 g/mol. The number of fused-ring (bicyclic) bond motifs is 1. The molecule has 1 N–H and O–H groups in total. The molecule has 0 fully saturated rings. The topological polar surface area (TPSA) is 76.1 Å². The second-order valence-electron chi connectivity index (χ2n) is 6.73. The number of ether oxygens (including phenoxy) is 2. The Morgan fingerprint density at radius 1 is 1.25 bits per heavy atom. The number of carbonyl (C=O) groups excluding carboxylic acids is 2. The minimum atomic E-state index is -0.903. The van der Waals surface area contributed by atoms with Gasteiger partial charge in [-0.1, -0.05) is 24.3 Å². The number of para-hydroxylation sites is 1. The van der Waals surface area contributed by atoms with Crippen molar-refractivity contribution < 1.29 is 24.2 Å². The number of nitrogens with zero attached hydrogens (tertiary/aromatic N) is 1. The summed E-state index contributed by atoms with van der Waals surface area (Å²) in [7, 11) is 1.45. The third-order valence-corrected chi connectivity index (χ3v) is 4.70. The number of anilines is 1. The zero-order valence-electron chi connectivity index (χ0n) is 16.1. The summed E-state index contributed by atoms with van der Waals surface area (Å²) in [6.07, 6.45) is 2.66. The quantitative estimate of drug-likeness (QED) is 0.635. The van der Waals surface area contributed by atoms with Crippen LogP contribution in [0, 0.1) is 0 Å². The highest BCUT2D eigenvalue weighted by Gasteiger charge is 2.34. The Hall–Kier alpha value is -3.28. The van der Waals surface area contributed by atoms with Crippen LogP contribution in [0.3, 0.4) is 0 Å². The summed E-state index contributed by atoms with van der Waals surface area (Å²) in [6, 6.07) is 12.5. The van der Waals surface area contributed by atoms with Gasteiger partial charge < -0.3 is 19.5 Å². The molecule has 0 radical (unpaired) electrons. The molecule has 1 amide bonds. The lowest BCUT2D eigenvalue weighted by molar-refractivity contribution is -0.149. The Morgan fingerprint density at radius 2 is 2.00 bits per heavy atom. The predicted molar refractivity (Wildman–Crippen MR) is 106 cm³/mol. The molecule has 1 heterocycles. The van der Waals surface area contributed by atoms with Crippen LogP contribution >= 0.6 is 0 Å². The van der Waals surface area contributed by atoms with E-state index in [1.165, 1.54) is 25.3 Å². The number of aromatic hydroxyl groups is 1. The summed E-state index contributed by atoms with van der Waals surface area (Å²) in [4.78, 5) is 26.7. The minimum Gasteiger partial charge on any atom is -0.504 e. The summed E-state index contributed by atoms with van der Waals surface area (Å²) >= 11 is 0. The van der Waals surface area contributed by atoms with Crippen LogP contribution in [0.1, 0.15) is 25.0 Å². The van der Waals surface area contributed by atoms with Crippen LogP contribution < -0.4 is 9.64 Å². The Balaban J connectivity index is 1.65. The molecule has 3 rings (SSSR count). The van der Waals surface area contributed by atoms with Gasteiger partial charge in [0.15, 0.2) is 17.6 Å². The van der Waals surface area contributed by atoms with Crippen LogP contribution in [0.25, 0.3) is 6.08 Å². The Kier molecular flexibility index (Phi) is 5.68. The van der Waals surface area contributed by atoms with Crippen molar-refractivity contribution in [2.24, 2.45) is 0 Å². The van der Waals surface area contributed by atoms with E-state index in [0.717, 1.165) is 17.7 Å². The number of phenolic OH excluding ortho intramolecular Hbond substituents is 1. The molecule has 6 nitrogen and oxygen atoms in total. The average Bonchev–Trinajstić information content (AvgIpc) is 3.02. The van der Waals surface area contributed by atoms with Crippen LogP contribution in [0.4, 0.5) is 5.69 Å². The largest absolute Gasteiger partial charge is 0.504 e. The zero-order valence-corrected chi connectivity index (χ0v) is 16.1. The first-order valence-electron chi connectivity index (χ1n) is 9.07. The van der Waals surface area contributed by atoms with E-state index in [4.69, 9.17) is 9.47 Å². The number of amides is 1. The van der Waals surface area contributed by atoms with Crippen LogP contribution in [-0.4, -0.2) is 36.2 Å². The molecule has 0 aliphatic carbocycles. The molecule has 2 aromatic carbocycles. The molecular weight excluding hydrogens is 358 g/mol. The summed E-state index contributed by atoms with van der Waals surface area (Å²) in [5.74, 6) is -0.541. The fourth-order valence-electron chi connectivity index (χ4n) is 3.32. The second-order valence-corrected chi connectivity index (χ2v) is 6.73. The Morgan fingerprint density at radius 3 is 2.75 bits per heavy atom. The molecule has 2 atom stereocenters. The van der Waals surface area contributed by atoms with E-state index in [-0.39, 0.29) is 17.7 Å². The fourth-order valence-corrected chi connectivity index (χ4v) is 3.32. The maximum absolute atomic E-state index is 12.8. The van der Waals surface area contributed by atoms with Crippen molar-refractivity contribution in [3.8, 4) is 11.5 Å². The van der Waals surface area contributed by atoms with Gasteiger partial charge in [-0.15, -0.1) is 0 Å². The molecule has 2 aromatic rings. The number of hydrogen-bond acceptors (Lipinski definition) is 5. The van der Waals surface area contributed by atoms with Crippen LogP contribution in [0.15, 0.2) is 48.5 Å². The van der Waals surface area contributed by atoms with Gasteiger partial charge in [0.2, 0.25) is 0 Å². The summed E-state index contributed by atoms with van der Waals surface area (Å²) in [5.41, 5.74) is 2.64. The first kappa shape index (κ1) is 19.5. The lowest BCUT2D eigenvalue weighted by atomic mass is 10.1. The van der Waals surface area contributed by atoms with Crippen molar-refractivity contribution in [1.29, 1.82) is 0 Å². The van der Waals surface area contributed by atoms with Crippen molar-refractivity contribution in [3.05, 3.63) is 59.7 Å². The molecular formula is C22H23NO5. The third kappa shape index (κ3) is 4.01. The van der Waals surface area contributed by atoms with Crippen LogP contribution in [0.2, 0.25) is 0 Å². The van der Waals surface area contributed by atoms with E-state index in [9.17, 15) is 14.7 Å². The van der Waals surface area contributed by atoms with Gasteiger partial charge in [0.1, 0.15) is 0 Å². The highest BCUT2D eigenvalue weighted by Crippen LogP contribution is 2.32. The number of phenols is 1. The molecule has 0 unspecified atom stereocenters. The molecule has 146 valence electrons. The maximum atomic E-state index is 12.8. The van der Waals surface area contributed by atoms with Crippen molar-refractivity contribution in [2.45, 2.75) is 32.4 Å². The van der Waals surface area contributed by atoms with Crippen molar-refractivity contribution >= 4 is 23.6 Å². The first-order valence-corrected chi connectivity index (χ1v) is 9.07. The van der Waals surface area contributed by atoms with Crippen LogP contribution in [0.5, 0.6) is 11.5 Å². The molecule has 28 heavy (non-hydrogen) atoms. The lowest BCUT2D eigenvalue weighted by Gasteiger charge is -2.25. The fraction of sp³-hybridized carbons (Fsp3) is 0.273. The SMILES string of the molecule is COc1cc(/C=C/C(=O)O[C@@H](C)C(=O)N2c3ccccc3C[C@@H]2C)ccc1O. The van der Waals surface area contributed by atoms with Gasteiger partial charge >= 0.3 is 5.97 Å². The number of methoxy groups -OCH3 is 1. The smallest absolute Gasteiger partial charge is 0.331 e.